The van der Waals surface area contributed by atoms with Crippen LogP contribution < -0.4 is 5.32 Å². The van der Waals surface area contributed by atoms with Gasteiger partial charge >= 0.3 is 0 Å². The molecule has 0 spiro atoms. The van der Waals surface area contributed by atoms with Crippen molar-refractivity contribution in [1.82, 2.24) is 10.2 Å². The van der Waals surface area contributed by atoms with Crippen LogP contribution in [0, 0.1) is 5.41 Å². The maximum atomic E-state index is 5.29. The third-order valence-corrected chi connectivity index (χ3v) is 4.54. The first kappa shape index (κ1) is 18.9. The quantitative estimate of drug-likeness (QED) is 0.562. The fourth-order valence-electron chi connectivity index (χ4n) is 3.33. The molecule has 0 amide bonds. The van der Waals surface area contributed by atoms with Gasteiger partial charge in [-0.1, -0.05) is 26.7 Å². The topological polar surface area (TPSA) is 33.7 Å². The van der Waals surface area contributed by atoms with E-state index in [-0.39, 0.29) is 0 Å². The molecular formula is C17H36N2O2. The van der Waals surface area contributed by atoms with E-state index in [1.54, 1.807) is 14.2 Å². The van der Waals surface area contributed by atoms with E-state index in [0.717, 1.165) is 39.3 Å². The Labute approximate surface area is 131 Å². The van der Waals surface area contributed by atoms with Crippen LogP contribution >= 0.6 is 0 Å². The predicted octanol–water partition coefficient (Wildman–Crippen LogP) is 2.53. The summed E-state index contributed by atoms with van der Waals surface area (Å²) in [6.45, 7) is 10.6. The van der Waals surface area contributed by atoms with Gasteiger partial charge in [0.25, 0.3) is 0 Å². The molecule has 1 aliphatic rings. The summed E-state index contributed by atoms with van der Waals surface area (Å²) in [5.41, 5.74) is 0.463. The minimum Gasteiger partial charge on any atom is -0.385 e. The van der Waals surface area contributed by atoms with Crippen molar-refractivity contribution >= 4 is 0 Å². The Balaban J connectivity index is 2.52. The minimum absolute atomic E-state index is 0.463. The van der Waals surface area contributed by atoms with Crippen LogP contribution in [-0.2, 0) is 9.47 Å². The van der Waals surface area contributed by atoms with E-state index in [1.165, 1.54) is 32.2 Å². The summed E-state index contributed by atoms with van der Waals surface area (Å²) < 4.78 is 10.5. The van der Waals surface area contributed by atoms with Crippen LogP contribution in [0.3, 0.4) is 0 Å². The molecule has 21 heavy (non-hydrogen) atoms. The largest absolute Gasteiger partial charge is 0.385 e. The molecule has 0 aromatic heterocycles. The first-order valence-electron chi connectivity index (χ1n) is 8.55. The van der Waals surface area contributed by atoms with E-state index in [9.17, 15) is 0 Å². The zero-order chi connectivity index (χ0) is 15.6. The van der Waals surface area contributed by atoms with Crippen LogP contribution in [0.25, 0.3) is 0 Å². The lowest BCUT2D eigenvalue weighted by Crippen LogP contribution is -2.45. The summed E-state index contributed by atoms with van der Waals surface area (Å²) >= 11 is 0. The van der Waals surface area contributed by atoms with E-state index in [4.69, 9.17) is 9.47 Å². The van der Waals surface area contributed by atoms with Gasteiger partial charge in [-0.05, 0) is 24.7 Å². The lowest BCUT2D eigenvalue weighted by Gasteiger charge is -2.36. The summed E-state index contributed by atoms with van der Waals surface area (Å²) in [5, 5.41) is 3.67. The van der Waals surface area contributed by atoms with Crippen LogP contribution in [0.1, 0.15) is 46.0 Å². The molecule has 1 fully saturated rings. The Kier molecular flexibility index (Phi) is 9.49. The highest BCUT2D eigenvalue weighted by molar-refractivity contribution is 4.90. The van der Waals surface area contributed by atoms with E-state index < -0.39 is 0 Å². The average molecular weight is 300 g/mol. The molecule has 1 N–H and O–H groups in total. The summed E-state index contributed by atoms with van der Waals surface area (Å²) in [7, 11) is 3.57. The van der Waals surface area contributed by atoms with Gasteiger partial charge in [0.05, 0.1) is 6.61 Å². The number of nitrogens with one attached hydrogen (secondary N) is 1. The Morgan fingerprint density at radius 2 is 1.71 bits per heavy atom. The standard InChI is InChI=1S/C17H36N2O2/c1-16(2)18-14-17(8-5-6-9-17)15-19(11-13-21-4)10-7-12-20-3/h16,18H,5-15H2,1-4H3. The van der Waals surface area contributed by atoms with Gasteiger partial charge in [-0.25, -0.2) is 0 Å². The van der Waals surface area contributed by atoms with Gasteiger partial charge in [0.15, 0.2) is 0 Å². The Bertz CT molecular complexity index is 253. The summed E-state index contributed by atoms with van der Waals surface area (Å²) in [6.07, 6.45) is 6.60. The highest BCUT2D eigenvalue weighted by atomic mass is 16.5. The molecule has 0 aromatic carbocycles. The summed E-state index contributed by atoms with van der Waals surface area (Å²) in [6, 6.07) is 0.573. The molecule has 0 aliphatic heterocycles. The van der Waals surface area contributed by atoms with Gasteiger partial charge in [-0.15, -0.1) is 0 Å². The van der Waals surface area contributed by atoms with Gasteiger partial charge in [0.2, 0.25) is 0 Å². The molecule has 0 atom stereocenters. The molecule has 4 nitrogen and oxygen atoms in total. The molecule has 0 bridgehead atoms. The SMILES string of the molecule is COCCCN(CCOC)CC1(CNC(C)C)CCCC1. The van der Waals surface area contributed by atoms with Gasteiger partial charge in [-0.2, -0.15) is 0 Å². The van der Waals surface area contributed by atoms with E-state index >= 15 is 0 Å². The van der Waals surface area contributed by atoms with Crippen molar-refractivity contribution in [3.05, 3.63) is 0 Å². The van der Waals surface area contributed by atoms with Crippen molar-refractivity contribution in [3.8, 4) is 0 Å². The number of ether oxygens (including phenoxy) is 2. The van der Waals surface area contributed by atoms with Crippen molar-refractivity contribution < 1.29 is 9.47 Å². The molecule has 0 saturated heterocycles. The van der Waals surface area contributed by atoms with Crippen LogP contribution in [0.2, 0.25) is 0 Å². The van der Waals surface area contributed by atoms with Crippen molar-refractivity contribution in [3.63, 3.8) is 0 Å². The molecule has 0 radical (unpaired) electrons. The zero-order valence-corrected chi connectivity index (χ0v) is 14.6. The first-order valence-corrected chi connectivity index (χ1v) is 8.55. The summed E-state index contributed by atoms with van der Waals surface area (Å²) in [4.78, 5) is 2.58. The molecule has 0 unspecified atom stereocenters. The lowest BCUT2D eigenvalue weighted by atomic mass is 9.85. The molecule has 0 aromatic rings. The van der Waals surface area contributed by atoms with Crippen LogP contribution in [0.5, 0.6) is 0 Å². The molecule has 4 heteroatoms. The molecule has 1 rings (SSSR count). The Morgan fingerprint density at radius 1 is 1.05 bits per heavy atom. The first-order chi connectivity index (χ1) is 10.1. The second-order valence-electron chi connectivity index (χ2n) is 6.86. The lowest BCUT2D eigenvalue weighted by molar-refractivity contribution is 0.0942. The van der Waals surface area contributed by atoms with Gasteiger partial charge < -0.3 is 19.7 Å². The fraction of sp³-hybridized carbons (Fsp3) is 1.00. The minimum atomic E-state index is 0.463. The Morgan fingerprint density at radius 3 is 2.29 bits per heavy atom. The van der Waals surface area contributed by atoms with Crippen molar-refractivity contribution in [2.45, 2.75) is 52.0 Å². The van der Waals surface area contributed by atoms with Gasteiger partial charge in [0, 0.05) is 53.0 Å². The number of methoxy groups -OCH3 is 2. The molecule has 1 aliphatic carbocycles. The average Bonchev–Trinajstić information content (AvgIpc) is 2.92. The van der Waals surface area contributed by atoms with Crippen molar-refractivity contribution in [2.75, 3.05) is 53.6 Å². The Hall–Kier alpha value is -0.160. The van der Waals surface area contributed by atoms with Gasteiger partial charge in [0.1, 0.15) is 0 Å². The van der Waals surface area contributed by atoms with Gasteiger partial charge in [-0.3, -0.25) is 0 Å². The third kappa shape index (κ3) is 7.59. The molecular weight excluding hydrogens is 264 g/mol. The number of nitrogens with zero attached hydrogens (tertiary/aromatic N) is 1. The number of rotatable bonds is 12. The highest BCUT2D eigenvalue weighted by Gasteiger charge is 2.35. The molecule has 126 valence electrons. The van der Waals surface area contributed by atoms with Crippen LogP contribution in [-0.4, -0.2) is 64.6 Å². The van der Waals surface area contributed by atoms with Crippen LogP contribution in [0.4, 0.5) is 0 Å². The van der Waals surface area contributed by atoms with Crippen molar-refractivity contribution in [1.29, 1.82) is 0 Å². The molecule has 1 saturated carbocycles. The second-order valence-corrected chi connectivity index (χ2v) is 6.86. The number of hydrogen-bond acceptors (Lipinski definition) is 4. The fourth-order valence-corrected chi connectivity index (χ4v) is 3.33. The monoisotopic (exact) mass is 300 g/mol. The normalized spacial score (nSPS) is 18.0. The smallest absolute Gasteiger partial charge is 0.0589 e. The van der Waals surface area contributed by atoms with Crippen LogP contribution in [0.15, 0.2) is 0 Å². The molecule has 0 heterocycles. The second kappa shape index (κ2) is 10.5. The van der Waals surface area contributed by atoms with Crippen molar-refractivity contribution in [2.24, 2.45) is 5.41 Å². The van der Waals surface area contributed by atoms with E-state index in [0.29, 0.717) is 11.5 Å². The summed E-state index contributed by atoms with van der Waals surface area (Å²) in [5.74, 6) is 0. The third-order valence-electron chi connectivity index (χ3n) is 4.54. The van der Waals surface area contributed by atoms with E-state index in [1.807, 2.05) is 0 Å². The maximum Gasteiger partial charge on any atom is 0.0589 e. The maximum absolute atomic E-state index is 5.29. The van der Waals surface area contributed by atoms with E-state index in [2.05, 4.69) is 24.1 Å². The predicted molar refractivity (Wildman–Crippen MR) is 88.8 cm³/mol. The zero-order valence-electron chi connectivity index (χ0n) is 14.6. The number of hydrogen-bond donors (Lipinski definition) is 1. The highest BCUT2D eigenvalue weighted by Crippen LogP contribution is 2.38.